The lowest BCUT2D eigenvalue weighted by Crippen LogP contribution is -2.18. The van der Waals surface area contributed by atoms with Crippen LogP contribution in [-0.2, 0) is 10.3 Å². The van der Waals surface area contributed by atoms with Gasteiger partial charge in [0.25, 0.3) is 0 Å². The Hall–Kier alpha value is -1.11. The van der Waals surface area contributed by atoms with E-state index in [2.05, 4.69) is 5.38 Å². The summed E-state index contributed by atoms with van der Waals surface area (Å²) >= 11 is 1.64. The van der Waals surface area contributed by atoms with E-state index in [1.54, 1.807) is 23.5 Å². The number of rotatable bonds is 3. The van der Waals surface area contributed by atoms with Crippen molar-refractivity contribution in [3.63, 3.8) is 0 Å². The zero-order valence-electron chi connectivity index (χ0n) is 11.7. The minimum absolute atomic E-state index is 0.277. The third-order valence-electron chi connectivity index (χ3n) is 4.08. The number of hydrogen-bond donors (Lipinski definition) is 1. The van der Waals surface area contributed by atoms with Crippen LogP contribution in [0.5, 0.6) is 5.75 Å². The van der Waals surface area contributed by atoms with Crippen molar-refractivity contribution in [2.75, 3.05) is 0 Å². The molecule has 0 radical (unpaired) electrons. The summed E-state index contributed by atoms with van der Waals surface area (Å²) in [5.74, 6) is 0.908. The second-order valence-electron chi connectivity index (χ2n) is 5.61. The molecule has 0 unspecified atom stereocenters. The van der Waals surface area contributed by atoms with Crippen molar-refractivity contribution in [2.24, 2.45) is 5.14 Å². The van der Waals surface area contributed by atoms with E-state index in [4.69, 9.17) is 9.32 Å². The molecule has 2 N–H and O–H groups in total. The first-order valence-electron chi connectivity index (χ1n) is 7.26. The summed E-state index contributed by atoms with van der Waals surface area (Å²) in [7, 11) is -3.96. The Labute approximate surface area is 129 Å². The van der Waals surface area contributed by atoms with Crippen LogP contribution >= 0.6 is 11.3 Å². The molecule has 0 saturated heterocycles. The highest BCUT2D eigenvalue weighted by atomic mass is 32.2. The van der Waals surface area contributed by atoms with E-state index in [0.717, 1.165) is 4.70 Å². The number of thiophene rings is 1. The fourth-order valence-electron chi connectivity index (χ4n) is 3.12. The topological polar surface area (TPSA) is 69.4 Å². The third-order valence-corrected chi connectivity index (χ3v) is 5.47. The Balaban J connectivity index is 1.91. The highest BCUT2D eigenvalue weighted by Gasteiger charge is 2.18. The summed E-state index contributed by atoms with van der Waals surface area (Å²) in [6.07, 6.45) is 7.78. The second kappa shape index (κ2) is 5.94. The Morgan fingerprint density at radius 1 is 1.14 bits per heavy atom. The van der Waals surface area contributed by atoms with Gasteiger partial charge in [-0.05, 0) is 53.3 Å². The lowest BCUT2D eigenvalue weighted by molar-refractivity contribution is 0.488. The molecule has 1 aliphatic rings. The van der Waals surface area contributed by atoms with E-state index in [-0.39, 0.29) is 5.75 Å². The van der Waals surface area contributed by atoms with E-state index in [1.165, 1.54) is 49.5 Å². The Morgan fingerprint density at radius 2 is 1.86 bits per heavy atom. The van der Waals surface area contributed by atoms with Crippen molar-refractivity contribution in [3.05, 3.63) is 29.1 Å². The van der Waals surface area contributed by atoms with Gasteiger partial charge < -0.3 is 4.18 Å². The maximum Gasteiger partial charge on any atom is 0.380 e. The molecule has 1 fully saturated rings. The van der Waals surface area contributed by atoms with Crippen molar-refractivity contribution in [1.82, 2.24) is 0 Å². The van der Waals surface area contributed by atoms with E-state index < -0.39 is 10.3 Å². The number of benzene rings is 1. The summed E-state index contributed by atoms with van der Waals surface area (Å²) in [5, 5.41) is 8.33. The highest BCUT2D eigenvalue weighted by molar-refractivity contribution is 7.84. The van der Waals surface area contributed by atoms with Gasteiger partial charge in [-0.25, -0.2) is 0 Å². The predicted octanol–water partition coefficient (Wildman–Crippen LogP) is 3.92. The average Bonchev–Trinajstić information content (AvgIpc) is 2.64. The largest absolute Gasteiger partial charge is 0.380 e. The smallest absolute Gasteiger partial charge is 0.371 e. The van der Waals surface area contributed by atoms with Crippen LogP contribution in [-0.4, -0.2) is 8.42 Å². The molecule has 1 heterocycles. The van der Waals surface area contributed by atoms with Crippen LogP contribution in [0.25, 0.3) is 10.1 Å². The van der Waals surface area contributed by atoms with Gasteiger partial charge in [-0.3, -0.25) is 0 Å². The minimum Gasteiger partial charge on any atom is -0.371 e. The van der Waals surface area contributed by atoms with Gasteiger partial charge in [0.05, 0.1) is 0 Å². The summed E-state index contributed by atoms with van der Waals surface area (Å²) in [6, 6.07) is 5.39. The molecule has 0 amide bonds. The molecular weight excluding hydrogens is 306 g/mol. The molecule has 1 aliphatic carbocycles. The van der Waals surface area contributed by atoms with Gasteiger partial charge >= 0.3 is 10.3 Å². The zero-order valence-corrected chi connectivity index (χ0v) is 13.4. The third kappa shape index (κ3) is 3.56. The average molecular weight is 325 g/mol. The molecule has 1 saturated carbocycles. The summed E-state index contributed by atoms with van der Waals surface area (Å²) in [6.45, 7) is 0. The van der Waals surface area contributed by atoms with Gasteiger partial charge in [-0.2, -0.15) is 13.6 Å². The monoisotopic (exact) mass is 325 g/mol. The van der Waals surface area contributed by atoms with E-state index >= 15 is 0 Å². The summed E-state index contributed by atoms with van der Waals surface area (Å²) in [5.41, 5.74) is 1.40. The van der Waals surface area contributed by atoms with Gasteiger partial charge in [-0.1, -0.05) is 25.7 Å². The first kappa shape index (κ1) is 14.8. The van der Waals surface area contributed by atoms with Crippen LogP contribution in [0.4, 0.5) is 0 Å². The molecule has 0 spiro atoms. The fourth-order valence-corrected chi connectivity index (χ4v) is 4.56. The van der Waals surface area contributed by atoms with Crippen LogP contribution < -0.4 is 9.32 Å². The molecule has 0 bridgehead atoms. The Kier molecular flexibility index (Phi) is 4.19. The molecule has 2 aromatic rings. The van der Waals surface area contributed by atoms with Crippen LogP contribution in [0.2, 0.25) is 0 Å². The first-order valence-corrected chi connectivity index (χ1v) is 9.61. The van der Waals surface area contributed by atoms with Gasteiger partial charge in [0.1, 0.15) is 5.75 Å². The number of nitrogens with two attached hydrogens (primary N) is 1. The molecule has 4 nitrogen and oxygen atoms in total. The lowest BCUT2D eigenvalue weighted by Gasteiger charge is -2.13. The van der Waals surface area contributed by atoms with Crippen LogP contribution in [0.3, 0.4) is 0 Å². The Morgan fingerprint density at radius 3 is 2.52 bits per heavy atom. The molecule has 6 heteroatoms. The highest BCUT2D eigenvalue weighted by Crippen LogP contribution is 2.39. The van der Waals surface area contributed by atoms with Crippen molar-refractivity contribution in [1.29, 1.82) is 0 Å². The van der Waals surface area contributed by atoms with Gasteiger partial charge in [0, 0.05) is 4.70 Å². The SMILES string of the molecule is NS(=O)(=O)Oc1ccc2c(C3CCCCCC3)csc2c1. The second-order valence-corrected chi connectivity index (χ2v) is 7.68. The van der Waals surface area contributed by atoms with Crippen molar-refractivity contribution in [2.45, 2.75) is 44.4 Å². The number of hydrogen-bond acceptors (Lipinski definition) is 4. The van der Waals surface area contributed by atoms with E-state index in [0.29, 0.717) is 5.92 Å². The zero-order chi connectivity index (χ0) is 14.9. The molecule has 0 atom stereocenters. The summed E-state index contributed by atoms with van der Waals surface area (Å²) in [4.78, 5) is 0. The maximum atomic E-state index is 11.0. The van der Waals surface area contributed by atoms with Crippen molar-refractivity contribution < 1.29 is 12.6 Å². The van der Waals surface area contributed by atoms with Crippen molar-refractivity contribution in [3.8, 4) is 5.75 Å². The fraction of sp³-hybridized carbons (Fsp3) is 0.467. The predicted molar refractivity (Wildman–Crippen MR) is 86.0 cm³/mol. The number of fused-ring (bicyclic) bond motifs is 1. The van der Waals surface area contributed by atoms with E-state index in [1.807, 2.05) is 6.07 Å². The Bertz CT molecular complexity index is 728. The molecule has 114 valence electrons. The lowest BCUT2D eigenvalue weighted by atomic mass is 9.91. The maximum absolute atomic E-state index is 11.0. The van der Waals surface area contributed by atoms with Crippen LogP contribution in [0.1, 0.15) is 50.0 Å². The molecular formula is C15H19NO3S2. The molecule has 3 rings (SSSR count). The molecule has 1 aromatic carbocycles. The minimum atomic E-state index is -3.96. The van der Waals surface area contributed by atoms with Gasteiger partial charge in [0.15, 0.2) is 0 Å². The van der Waals surface area contributed by atoms with Crippen molar-refractivity contribution >= 4 is 31.7 Å². The quantitative estimate of drug-likeness (QED) is 0.870. The molecule has 21 heavy (non-hydrogen) atoms. The summed E-state index contributed by atoms with van der Waals surface area (Å²) < 4.78 is 27.8. The van der Waals surface area contributed by atoms with Gasteiger partial charge in [-0.15, -0.1) is 11.3 Å². The van der Waals surface area contributed by atoms with Gasteiger partial charge in [0.2, 0.25) is 0 Å². The first-order chi connectivity index (χ1) is 10.0. The normalized spacial score (nSPS) is 17.8. The molecule has 1 aromatic heterocycles. The van der Waals surface area contributed by atoms with Crippen LogP contribution in [0.15, 0.2) is 23.6 Å². The standard InChI is InChI=1S/C15H19NO3S2/c16-21(17,18)19-12-7-8-13-14(10-20-15(13)9-12)11-5-3-1-2-4-6-11/h7-11H,1-6H2,(H2,16,17,18). The van der Waals surface area contributed by atoms with E-state index in [9.17, 15) is 8.42 Å². The molecule has 0 aliphatic heterocycles. The van der Waals surface area contributed by atoms with Crippen LogP contribution in [0, 0.1) is 0 Å².